The second kappa shape index (κ2) is 15.8. The molecule has 4 rings (SSSR count). The lowest BCUT2D eigenvalue weighted by molar-refractivity contribution is -0.138. The Morgan fingerprint density at radius 2 is 1.81 bits per heavy atom. The zero-order valence-corrected chi connectivity index (χ0v) is 27.1. The van der Waals surface area contributed by atoms with Crippen LogP contribution in [0.3, 0.4) is 0 Å². The second-order valence-corrected chi connectivity index (χ2v) is 13.0. The lowest BCUT2D eigenvalue weighted by atomic mass is 9.94. The van der Waals surface area contributed by atoms with Crippen LogP contribution in [0.1, 0.15) is 44.2 Å². The zero-order valence-electron chi connectivity index (χ0n) is 25.6. The highest BCUT2D eigenvalue weighted by molar-refractivity contribution is 6.35. The molecule has 43 heavy (non-hydrogen) atoms. The van der Waals surface area contributed by atoms with E-state index in [1.807, 2.05) is 24.3 Å². The highest BCUT2D eigenvalue weighted by atomic mass is 35.5. The average molecular weight is 626 g/mol. The number of carbonyl (C=O) groups excluding carboxylic acids is 1. The smallest absolute Gasteiger partial charge is 0.227 e. The van der Waals surface area contributed by atoms with E-state index >= 15 is 0 Å². The van der Waals surface area contributed by atoms with Crippen molar-refractivity contribution in [2.75, 3.05) is 33.2 Å². The van der Waals surface area contributed by atoms with E-state index in [9.17, 15) is 4.79 Å². The van der Waals surface area contributed by atoms with Gasteiger partial charge in [0.05, 0.1) is 6.42 Å². The third-order valence-electron chi connectivity index (χ3n) is 8.27. The van der Waals surface area contributed by atoms with Crippen molar-refractivity contribution >= 4 is 45.8 Å². The first-order valence-corrected chi connectivity index (χ1v) is 16.0. The molecule has 7 nitrogen and oxygen atoms in total. The normalized spacial score (nSPS) is 18.8. The number of halogens is 2. The van der Waals surface area contributed by atoms with Crippen molar-refractivity contribution in [2.45, 2.75) is 64.1 Å². The van der Waals surface area contributed by atoms with Crippen LogP contribution in [0.2, 0.25) is 10.0 Å². The minimum Gasteiger partial charge on any atom is -0.370 e. The van der Waals surface area contributed by atoms with E-state index in [4.69, 9.17) is 34.7 Å². The van der Waals surface area contributed by atoms with Gasteiger partial charge in [-0.3, -0.25) is 14.7 Å². The average Bonchev–Trinajstić information content (AvgIpc) is 2.97. The topological polar surface area (TPSA) is 100.0 Å². The Kier molecular flexibility index (Phi) is 12.1. The van der Waals surface area contributed by atoms with Crippen molar-refractivity contribution in [1.29, 1.82) is 0 Å². The summed E-state index contributed by atoms with van der Waals surface area (Å²) in [7, 11) is 1.67. The van der Waals surface area contributed by atoms with Gasteiger partial charge in [0.1, 0.15) is 0 Å². The Labute approximate surface area is 266 Å². The number of carbonyl (C=O) groups is 1. The van der Waals surface area contributed by atoms with Gasteiger partial charge in [-0.1, -0.05) is 85.6 Å². The molecule has 5 N–H and O–H groups in total. The van der Waals surface area contributed by atoms with E-state index in [-0.39, 0.29) is 24.0 Å². The monoisotopic (exact) mass is 624 g/mol. The lowest BCUT2D eigenvalue weighted by Crippen LogP contribution is -2.62. The van der Waals surface area contributed by atoms with Gasteiger partial charge in [-0.25, -0.2) is 0 Å². The Hall–Kier alpha value is -2.84. The van der Waals surface area contributed by atoms with Crippen LogP contribution < -0.4 is 16.8 Å². The number of nitrogens with one attached hydrogen (secondary N) is 1. The number of hydrogen-bond acceptors (Lipinski definition) is 4. The number of rotatable bonds is 12. The number of benzene rings is 3. The molecule has 232 valence electrons. The molecule has 3 aromatic carbocycles. The minimum absolute atomic E-state index is 0.110. The number of hydrogen-bond donors (Lipinski definition) is 3. The van der Waals surface area contributed by atoms with Crippen LogP contribution in [0.25, 0.3) is 10.8 Å². The SMILES string of the molecule is C/N=C(/N)NCCC[C@H]1CN(C(=O)Cc2ccc3ccccc3c2)[C@H](CC(C)C)CN1C[C@H](N)Cc1ccc(Cl)cc1Cl. The summed E-state index contributed by atoms with van der Waals surface area (Å²) < 4.78 is 0. The fraction of sp³-hybridized carbons (Fsp3) is 0.471. The summed E-state index contributed by atoms with van der Waals surface area (Å²) in [6.45, 7) is 7.36. The molecular formula is C34H46Cl2N6O. The summed E-state index contributed by atoms with van der Waals surface area (Å²) in [6.07, 6.45) is 3.80. The maximum absolute atomic E-state index is 13.9. The molecule has 0 aromatic heterocycles. The van der Waals surface area contributed by atoms with Crippen molar-refractivity contribution in [3.63, 3.8) is 0 Å². The van der Waals surface area contributed by atoms with Crippen molar-refractivity contribution < 1.29 is 4.79 Å². The van der Waals surface area contributed by atoms with Gasteiger partial charge in [0.25, 0.3) is 0 Å². The van der Waals surface area contributed by atoms with Gasteiger partial charge < -0.3 is 21.7 Å². The van der Waals surface area contributed by atoms with Crippen molar-refractivity contribution in [2.24, 2.45) is 22.4 Å². The second-order valence-electron chi connectivity index (χ2n) is 12.2. The molecular weight excluding hydrogens is 579 g/mol. The van der Waals surface area contributed by atoms with Crippen LogP contribution in [0, 0.1) is 5.92 Å². The Morgan fingerprint density at radius 1 is 1.05 bits per heavy atom. The van der Waals surface area contributed by atoms with Gasteiger partial charge in [0, 0.05) is 61.4 Å². The van der Waals surface area contributed by atoms with E-state index in [0.717, 1.165) is 55.4 Å². The summed E-state index contributed by atoms with van der Waals surface area (Å²) in [5.74, 6) is 1.08. The molecule has 1 aliphatic heterocycles. The molecule has 0 saturated carbocycles. The molecule has 0 bridgehead atoms. The highest BCUT2D eigenvalue weighted by Crippen LogP contribution is 2.27. The first-order valence-electron chi connectivity index (χ1n) is 15.3. The Bertz CT molecular complexity index is 1400. The summed E-state index contributed by atoms with van der Waals surface area (Å²) in [6, 6.07) is 20.4. The van der Waals surface area contributed by atoms with Crippen molar-refractivity contribution in [3.8, 4) is 0 Å². The van der Waals surface area contributed by atoms with E-state index in [1.165, 1.54) is 5.39 Å². The highest BCUT2D eigenvalue weighted by Gasteiger charge is 2.36. The molecule has 1 saturated heterocycles. The Morgan fingerprint density at radius 3 is 2.53 bits per heavy atom. The van der Waals surface area contributed by atoms with Crippen LogP contribution >= 0.6 is 23.2 Å². The number of nitrogens with two attached hydrogens (primary N) is 2. The van der Waals surface area contributed by atoms with Crippen molar-refractivity contribution in [1.82, 2.24) is 15.1 Å². The number of piperazine rings is 1. The first-order chi connectivity index (χ1) is 20.6. The summed E-state index contributed by atoms with van der Waals surface area (Å²) in [4.78, 5) is 22.6. The number of guanidine groups is 1. The molecule has 1 fully saturated rings. The maximum atomic E-state index is 13.9. The van der Waals surface area contributed by atoms with Gasteiger partial charge in [-0.05, 0) is 65.6 Å². The van der Waals surface area contributed by atoms with Crippen LogP contribution in [-0.2, 0) is 17.6 Å². The van der Waals surface area contributed by atoms with E-state index in [1.54, 1.807) is 13.1 Å². The molecule has 1 amide bonds. The molecule has 1 aliphatic rings. The van der Waals surface area contributed by atoms with Crippen LogP contribution in [0.15, 0.2) is 65.7 Å². The predicted octanol–water partition coefficient (Wildman–Crippen LogP) is 5.50. The van der Waals surface area contributed by atoms with E-state index in [0.29, 0.717) is 41.3 Å². The third kappa shape index (κ3) is 9.57. The number of amides is 1. The van der Waals surface area contributed by atoms with Gasteiger partial charge >= 0.3 is 0 Å². The lowest BCUT2D eigenvalue weighted by Gasteiger charge is -2.48. The molecule has 3 aromatic rings. The quantitative estimate of drug-likeness (QED) is 0.140. The minimum atomic E-state index is -0.110. The van der Waals surface area contributed by atoms with Crippen LogP contribution in [0.4, 0.5) is 0 Å². The molecule has 0 radical (unpaired) electrons. The molecule has 0 unspecified atom stereocenters. The van der Waals surface area contributed by atoms with Gasteiger partial charge in [0.2, 0.25) is 5.91 Å². The third-order valence-corrected chi connectivity index (χ3v) is 8.86. The van der Waals surface area contributed by atoms with Crippen molar-refractivity contribution in [3.05, 3.63) is 81.8 Å². The van der Waals surface area contributed by atoms with Gasteiger partial charge in [0.15, 0.2) is 5.96 Å². The standard InChI is InChI=1S/C34H46Cl2N6O/c1-23(2)15-31-21-41(20-29(37)18-27-12-13-28(35)19-32(27)36)30(9-6-14-40-34(38)39-3)22-42(31)33(43)17-24-10-11-25-7-4-5-8-26(25)16-24/h4-5,7-8,10-13,16,19,23,29-31H,6,9,14-15,17-18,20-22,37H2,1-3H3,(H3,38,39,40)/t29-,30+,31-/m1/s1. The van der Waals surface area contributed by atoms with Gasteiger partial charge in [-0.2, -0.15) is 0 Å². The molecule has 9 heteroatoms. The number of aliphatic imine (C=N–C) groups is 1. The Balaban J connectivity index is 1.51. The fourth-order valence-electron chi connectivity index (χ4n) is 6.15. The first kappa shape index (κ1) is 33.1. The van der Waals surface area contributed by atoms with E-state index < -0.39 is 0 Å². The summed E-state index contributed by atoms with van der Waals surface area (Å²) >= 11 is 12.6. The van der Waals surface area contributed by atoms with Gasteiger partial charge in [-0.15, -0.1) is 0 Å². The number of fused-ring (bicyclic) bond motifs is 1. The fourth-order valence-corrected chi connectivity index (χ4v) is 6.64. The largest absolute Gasteiger partial charge is 0.370 e. The van der Waals surface area contributed by atoms with Crippen LogP contribution in [-0.4, -0.2) is 73.0 Å². The summed E-state index contributed by atoms with van der Waals surface area (Å²) in [5, 5.41) is 6.77. The summed E-state index contributed by atoms with van der Waals surface area (Å²) in [5.41, 5.74) is 14.6. The zero-order chi connectivity index (χ0) is 30.9. The van der Waals surface area contributed by atoms with Crippen LogP contribution in [0.5, 0.6) is 0 Å². The molecule has 1 heterocycles. The molecule has 0 spiro atoms. The molecule has 3 atom stereocenters. The number of nitrogens with zero attached hydrogens (tertiary/aromatic N) is 3. The molecule has 0 aliphatic carbocycles. The predicted molar refractivity (Wildman–Crippen MR) is 181 cm³/mol. The maximum Gasteiger partial charge on any atom is 0.227 e. The van der Waals surface area contributed by atoms with E-state index in [2.05, 4.69) is 64.3 Å².